The molecule has 0 aliphatic carbocycles. The van der Waals surface area contributed by atoms with Gasteiger partial charge in [-0.25, -0.2) is 17.9 Å². The molecule has 23 heavy (non-hydrogen) atoms. The molecule has 2 aromatic rings. The molecule has 1 aromatic carbocycles. The van der Waals surface area contributed by atoms with Crippen LogP contribution < -0.4 is 10.0 Å². The Kier molecular flexibility index (Phi) is 5.30. The molecule has 3 N–H and O–H groups in total. The number of hydrogen-bond donors (Lipinski definition) is 3. The maximum atomic E-state index is 12.1. The molecule has 0 spiro atoms. The van der Waals surface area contributed by atoms with Crippen molar-refractivity contribution in [3.8, 4) is 0 Å². The van der Waals surface area contributed by atoms with Crippen LogP contribution in [-0.4, -0.2) is 26.0 Å². The summed E-state index contributed by atoms with van der Waals surface area (Å²) in [5.74, 6) is -0.668. The highest BCUT2D eigenvalue weighted by molar-refractivity contribution is 7.89. The molecule has 7 nitrogen and oxygen atoms in total. The molecule has 0 saturated carbocycles. The fourth-order valence-corrected chi connectivity index (χ4v) is 3.54. The molecule has 124 valence electrons. The normalized spacial score (nSPS) is 11.4. The minimum atomic E-state index is -3.86. The molecule has 0 bridgehead atoms. The van der Waals surface area contributed by atoms with E-state index in [0.29, 0.717) is 5.76 Å². The lowest BCUT2D eigenvalue weighted by molar-refractivity contribution is 0.0697. The Morgan fingerprint density at radius 2 is 2.13 bits per heavy atom. The fourth-order valence-electron chi connectivity index (χ4n) is 1.95. The monoisotopic (exact) mass is 358 g/mol. The largest absolute Gasteiger partial charge is 0.478 e. The average molecular weight is 359 g/mol. The first kappa shape index (κ1) is 17.3. The van der Waals surface area contributed by atoms with E-state index in [-0.39, 0.29) is 34.3 Å². The van der Waals surface area contributed by atoms with Crippen molar-refractivity contribution in [1.82, 2.24) is 4.72 Å². The molecule has 1 aromatic heterocycles. The minimum Gasteiger partial charge on any atom is -0.478 e. The standard InChI is InChI=1S/C14H15ClN2O5S/c1-2-17-23(20,21)13-6-10(14(18)19)12(7-11(13)15)16-8-9-4-3-5-22-9/h3-7,16-17H,2,8H2,1H3,(H,18,19). The highest BCUT2D eigenvalue weighted by Gasteiger charge is 2.22. The van der Waals surface area contributed by atoms with Crippen LogP contribution in [0.15, 0.2) is 39.8 Å². The Morgan fingerprint density at radius 1 is 1.39 bits per heavy atom. The SMILES string of the molecule is CCNS(=O)(=O)c1cc(C(=O)O)c(NCc2ccco2)cc1Cl. The Labute approximate surface area is 138 Å². The number of rotatable bonds is 7. The molecule has 9 heteroatoms. The number of halogens is 1. The number of aromatic carboxylic acids is 1. The summed E-state index contributed by atoms with van der Waals surface area (Å²) in [5.41, 5.74) is 0.00628. The Hall–Kier alpha value is -2.03. The number of nitrogens with one attached hydrogen (secondary N) is 2. The van der Waals surface area contributed by atoms with E-state index in [1.807, 2.05) is 0 Å². The summed E-state index contributed by atoms with van der Waals surface area (Å²) in [6.07, 6.45) is 1.49. The van der Waals surface area contributed by atoms with Crippen LogP contribution in [0, 0.1) is 0 Å². The van der Waals surface area contributed by atoms with Gasteiger partial charge in [-0.3, -0.25) is 0 Å². The van der Waals surface area contributed by atoms with Crippen LogP contribution in [0.2, 0.25) is 5.02 Å². The second-order valence-corrected chi connectivity index (χ2v) is 6.71. The van der Waals surface area contributed by atoms with Gasteiger partial charge in [-0.1, -0.05) is 18.5 Å². The molecule has 0 aliphatic rings. The summed E-state index contributed by atoms with van der Waals surface area (Å²) < 4.78 is 31.5. The Balaban J connectivity index is 2.40. The first-order valence-corrected chi connectivity index (χ1v) is 8.54. The van der Waals surface area contributed by atoms with Crippen LogP contribution in [0.4, 0.5) is 5.69 Å². The van der Waals surface area contributed by atoms with Gasteiger partial charge in [0.05, 0.1) is 29.1 Å². The summed E-state index contributed by atoms with van der Waals surface area (Å²) in [5, 5.41) is 12.1. The van der Waals surface area contributed by atoms with E-state index in [1.54, 1.807) is 19.1 Å². The summed E-state index contributed by atoms with van der Waals surface area (Å²) in [4.78, 5) is 11.1. The van der Waals surface area contributed by atoms with Gasteiger partial charge in [0.2, 0.25) is 10.0 Å². The van der Waals surface area contributed by atoms with E-state index < -0.39 is 16.0 Å². The number of benzene rings is 1. The van der Waals surface area contributed by atoms with E-state index in [4.69, 9.17) is 16.0 Å². The lowest BCUT2D eigenvalue weighted by Gasteiger charge is -2.13. The molecule has 1 heterocycles. The van der Waals surface area contributed by atoms with Crippen molar-refractivity contribution in [3.63, 3.8) is 0 Å². The second kappa shape index (κ2) is 7.03. The highest BCUT2D eigenvalue weighted by Crippen LogP contribution is 2.29. The topological polar surface area (TPSA) is 109 Å². The molecule has 0 fully saturated rings. The quantitative estimate of drug-likeness (QED) is 0.701. The zero-order valence-corrected chi connectivity index (χ0v) is 13.7. The average Bonchev–Trinajstić information content (AvgIpc) is 2.97. The second-order valence-electron chi connectivity index (χ2n) is 4.57. The zero-order valence-electron chi connectivity index (χ0n) is 12.2. The fraction of sp³-hybridized carbons (Fsp3) is 0.214. The molecule has 0 radical (unpaired) electrons. The molecular weight excluding hydrogens is 344 g/mol. The van der Waals surface area contributed by atoms with Crippen molar-refractivity contribution in [1.29, 1.82) is 0 Å². The predicted molar refractivity (Wildman–Crippen MR) is 85.3 cm³/mol. The van der Waals surface area contributed by atoms with Crippen molar-refractivity contribution in [2.45, 2.75) is 18.4 Å². The number of anilines is 1. The van der Waals surface area contributed by atoms with Gasteiger partial charge in [0.1, 0.15) is 10.7 Å². The third kappa shape index (κ3) is 4.04. The van der Waals surface area contributed by atoms with E-state index >= 15 is 0 Å². The first-order valence-electron chi connectivity index (χ1n) is 6.68. The van der Waals surface area contributed by atoms with Crippen LogP contribution in [0.5, 0.6) is 0 Å². The van der Waals surface area contributed by atoms with E-state index in [1.165, 1.54) is 12.3 Å². The molecule has 0 amide bonds. The predicted octanol–water partition coefficient (Wildman–Crippen LogP) is 2.54. The van der Waals surface area contributed by atoms with Gasteiger partial charge < -0.3 is 14.8 Å². The van der Waals surface area contributed by atoms with Crippen LogP contribution in [-0.2, 0) is 16.6 Å². The van der Waals surface area contributed by atoms with Gasteiger partial charge >= 0.3 is 5.97 Å². The van der Waals surface area contributed by atoms with Gasteiger partial charge in [0.15, 0.2) is 0 Å². The molecular formula is C14H15ClN2O5S. The molecule has 0 unspecified atom stereocenters. The smallest absolute Gasteiger partial charge is 0.337 e. The first-order chi connectivity index (χ1) is 10.8. The van der Waals surface area contributed by atoms with Gasteiger partial charge in [0, 0.05) is 6.54 Å². The zero-order chi connectivity index (χ0) is 17.0. The van der Waals surface area contributed by atoms with Crippen LogP contribution in [0.1, 0.15) is 23.0 Å². The Morgan fingerprint density at radius 3 is 2.70 bits per heavy atom. The van der Waals surface area contributed by atoms with E-state index in [0.717, 1.165) is 6.07 Å². The van der Waals surface area contributed by atoms with Gasteiger partial charge in [-0.05, 0) is 24.3 Å². The van der Waals surface area contributed by atoms with Gasteiger partial charge in [-0.2, -0.15) is 0 Å². The number of carboxylic acids is 1. The number of hydrogen-bond acceptors (Lipinski definition) is 5. The van der Waals surface area contributed by atoms with Crippen LogP contribution in [0.3, 0.4) is 0 Å². The number of sulfonamides is 1. The third-order valence-corrected chi connectivity index (χ3v) is 4.97. The van der Waals surface area contributed by atoms with Crippen molar-refractivity contribution in [3.05, 3.63) is 46.9 Å². The summed E-state index contributed by atoms with van der Waals surface area (Å²) >= 11 is 6.01. The van der Waals surface area contributed by atoms with Gasteiger partial charge in [-0.15, -0.1) is 0 Å². The molecule has 0 aliphatic heterocycles. The maximum absolute atomic E-state index is 12.1. The van der Waals surface area contributed by atoms with Crippen LogP contribution >= 0.6 is 11.6 Å². The Bertz CT molecular complexity index is 803. The molecule has 2 rings (SSSR count). The van der Waals surface area contributed by atoms with E-state index in [9.17, 15) is 18.3 Å². The number of furan rings is 1. The molecule has 0 atom stereocenters. The molecule has 0 saturated heterocycles. The summed E-state index contributed by atoms with van der Waals surface area (Å²) in [6.45, 7) is 2.02. The van der Waals surface area contributed by atoms with Crippen LogP contribution in [0.25, 0.3) is 0 Å². The summed E-state index contributed by atoms with van der Waals surface area (Å²) in [6, 6.07) is 5.73. The lowest BCUT2D eigenvalue weighted by Crippen LogP contribution is -2.24. The minimum absolute atomic E-state index is 0.0714. The number of carboxylic acid groups (broad SMARTS) is 1. The maximum Gasteiger partial charge on any atom is 0.337 e. The number of carbonyl (C=O) groups is 1. The van der Waals surface area contributed by atoms with E-state index in [2.05, 4.69) is 10.0 Å². The van der Waals surface area contributed by atoms with Crippen molar-refractivity contribution < 1.29 is 22.7 Å². The van der Waals surface area contributed by atoms with Crippen molar-refractivity contribution in [2.24, 2.45) is 0 Å². The van der Waals surface area contributed by atoms with Crippen molar-refractivity contribution in [2.75, 3.05) is 11.9 Å². The lowest BCUT2D eigenvalue weighted by atomic mass is 10.1. The summed E-state index contributed by atoms with van der Waals surface area (Å²) in [7, 11) is -3.86. The van der Waals surface area contributed by atoms with Crippen molar-refractivity contribution >= 4 is 33.3 Å². The third-order valence-electron chi connectivity index (χ3n) is 2.96. The van der Waals surface area contributed by atoms with Gasteiger partial charge in [0.25, 0.3) is 0 Å². The highest BCUT2D eigenvalue weighted by atomic mass is 35.5.